The van der Waals surface area contributed by atoms with Crippen molar-refractivity contribution in [3.63, 3.8) is 0 Å². The SMILES string of the molecule is CC1=C(C)C(c2csc3c(C#N)ccc(F)c23)C(CC2CC2)=C(N)N1. The zero-order chi connectivity index (χ0) is 17.7. The molecule has 1 aromatic heterocycles. The van der Waals surface area contributed by atoms with Gasteiger partial charge in [-0.3, -0.25) is 0 Å². The fourth-order valence-corrected chi connectivity index (χ4v) is 4.80. The minimum absolute atomic E-state index is 0.0148. The maximum atomic E-state index is 14.7. The van der Waals surface area contributed by atoms with Crippen LogP contribution in [-0.2, 0) is 0 Å². The summed E-state index contributed by atoms with van der Waals surface area (Å²) in [5, 5.41) is 15.2. The van der Waals surface area contributed by atoms with Crippen molar-refractivity contribution in [2.45, 2.75) is 39.0 Å². The van der Waals surface area contributed by atoms with Crippen molar-refractivity contribution >= 4 is 21.4 Å². The molecule has 3 nitrogen and oxygen atoms in total. The standard InChI is InChI=1S/C20H20FN3S/c1-10-11(2)24-20(23)14(7-12-3-4-12)17(10)15-9-25-19-13(8-22)5-6-16(21)18(15)19/h5-6,9,12,17,24H,3-4,7,23H2,1-2H3. The van der Waals surface area contributed by atoms with Gasteiger partial charge in [0.25, 0.3) is 0 Å². The molecule has 3 N–H and O–H groups in total. The number of halogens is 1. The van der Waals surface area contributed by atoms with Crippen molar-refractivity contribution in [2.75, 3.05) is 0 Å². The molecule has 0 radical (unpaired) electrons. The van der Waals surface area contributed by atoms with E-state index in [2.05, 4.69) is 18.3 Å². The van der Waals surface area contributed by atoms with Gasteiger partial charge in [0.1, 0.15) is 17.7 Å². The van der Waals surface area contributed by atoms with E-state index in [9.17, 15) is 9.65 Å². The first-order valence-corrected chi connectivity index (χ1v) is 9.41. The molecule has 25 heavy (non-hydrogen) atoms. The van der Waals surface area contributed by atoms with Crippen LogP contribution in [0.4, 0.5) is 4.39 Å². The largest absolute Gasteiger partial charge is 0.385 e. The summed E-state index contributed by atoms with van der Waals surface area (Å²) in [6.07, 6.45) is 3.43. The molecule has 4 rings (SSSR count). The van der Waals surface area contributed by atoms with Crippen LogP contribution in [0.1, 0.15) is 50.2 Å². The number of thiophene rings is 1. The molecule has 1 atom stereocenters. The molecule has 2 aliphatic rings. The average Bonchev–Trinajstić information content (AvgIpc) is 3.30. The lowest BCUT2D eigenvalue weighted by atomic mass is 9.80. The third-order valence-electron chi connectivity index (χ3n) is 5.38. The number of nitrogens with one attached hydrogen (secondary N) is 1. The maximum absolute atomic E-state index is 14.7. The van der Waals surface area contributed by atoms with E-state index >= 15 is 0 Å². The van der Waals surface area contributed by atoms with Crippen molar-refractivity contribution < 1.29 is 4.39 Å². The lowest BCUT2D eigenvalue weighted by molar-refractivity contribution is 0.636. The Labute approximate surface area is 150 Å². The number of nitrogens with zero attached hydrogens (tertiary/aromatic N) is 1. The quantitative estimate of drug-likeness (QED) is 0.828. The van der Waals surface area contributed by atoms with Gasteiger partial charge in [0, 0.05) is 17.0 Å². The van der Waals surface area contributed by atoms with Crippen molar-refractivity contribution in [1.29, 1.82) is 5.26 Å². The van der Waals surface area contributed by atoms with E-state index in [-0.39, 0.29) is 11.7 Å². The van der Waals surface area contributed by atoms with Crippen LogP contribution in [-0.4, -0.2) is 0 Å². The molecule has 1 aliphatic heterocycles. The number of fused-ring (bicyclic) bond motifs is 1. The Morgan fingerprint density at radius 1 is 1.36 bits per heavy atom. The number of benzene rings is 1. The molecular weight excluding hydrogens is 333 g/mol. The Morgan fingerprint density at radius 2 is 2.12 bits per heavy atom. The van der Waals surface area contributed by atoms with Gasteiger partial charge in [-0.2, -0.15) is 5.26 Å². The minimum atomic E-state index is -0.265. The van der Waals surface area contributed by atoms with Crippen LogP contribution in [0.5, 0.6) is 0 Å². The predicted octanol–water partition coefficient (Wildman–Crippen LogP) is 4.86. The highest BCUT2D eigenvalue weighted by molar-refractivity contribution is 7.17. The summed E-state index contributed by atoms with van der Waals surface area (Å²) >= 11 is 1.45. The number of hydrogen-bond donors (Lipinski definition) is 2. The van der Waals surface area contributed by atoms with Gasteiger partial charge < -0.3 is 11.1 Å². The highest BCUT2D eigenvalue weighted by atomic mass is 32.1. The molecule has 1 aromatic carbocycles. The topological polar surface area (TPSA) is 61.8 Å². The Kier molecular flexibility index (Phi) is 3.81. The number of hydrogen-bond acceptors (Lipinski definition) is 4. The van der Waals surface area contributed by atoms with E-state index in [0.717, 1.165) is 28.0 Å². The van der Waals surface area contributed by atoms with Gasteiger partial charge >= 0.3 is 0 Å². The van der Waals surface area contributed by atoms with Gasteiger partial charge in [-0.25, -0.2) is 4.39 Å². The lowest BCUT2D eigenvalue weighted by Crippen LogP contribution is -2.29. The number of allylic oxidation sites excluding steroid dienone is 3. The predicted molar refractivity (Wildman–Crippen MR) is 99.3 cm³/mol. The second-order valence-electron chi connectivity index (χ2n) is 7.05. The molecule has 128 valence electrons. The van der Waals surface area contributed by atoms with Crippen molar-refractivity contribution in [3.05, 3.63) is 57.1 Å². The van der Waals surface area contributed by atoms with Gasteiger partial charge in [0.05, 0.1) is 10.3 Å². The summed E-state index contributed by atoms with van der Waals surface area (Å²) in [6.45, 7) is 4.09. The highest BCUT2D eigenvalue weighted by Crippen LogP contribution is 2.48. The van der Waals surface area contributed by atoms with Gasteiger partial charge in [0.2, 0.25) is 0 Å². The van der Waals surface area contributed by atoms with E-state index in [1.54, 1.807) is 6.07 Å². The third-order valence-corrected chi connectivity index (χ3v) is 6.41. The molecule has 2 aromatic rings. The van der Waals surface area contributed by atoms with Crippen LogP contribution in [0.2, 0.25) is 0 Å². The second kappa shape index (κ2) is 5.89. The molecule has 5 heteroatoms. The zero-order valence-corrected chi connectivity index (χ0v) is 15.1. The van der Waals surface area contributed by atoms with E-state index in [0.29, 0.717) is 22.7 Å². The van der Waals surface area contributed by atoms with Gasteiger partial charge in [0.15, 0.2) is 0 Å². The molecule has 0 spiro atoms. The first kappa shape index (κ1) is 16.2. The number of nitriles is 1. The van der Waals surface area contributed by atoms with Crippen molar-refractivity contribution in [3.8, 4) is 6.07 Å². The molecule has 1 unspecified atom stereocenters. The molecule has 1 aliphatic carbocycles. The van der Waals surface area contributed by atoms with Crippen molar-refractivity contribution in [1.82, 2.24) is 5.32 Å². The summed E-state index contributed by atoms with van der Waals surface area (Å²) in [6, 6.07) is 5.14. The van der Waals surface area contributed by atoms with Crippen LogP contribution in [0, 0.1) is 23.1 Å². The molecule has 2 heterocycles. The molecule has 0 amide bonds. The highest BCUT2D eigenvalue weighted by Gasteiger charge is 2.34. The van der Waals surface area contributed by atoms with Gasteiger partial charge in [-0.05, 0) is 73.3 Å². The van der Waals surface area contributed by atoms with Crippen LogP contribution >= 0.6 is 11.3 Å². The maximum Gasteiger partial charge on any atom is 0.132 e. The molecular formula is C20H20FN3S. The van der Waals surface area contributed by atoms with E-state index in [4.69, 9.17) is 5.73 Å². The Balaban J connectivity index is 1.93. The molecule has 1 fully saturated rings. The fourth-order valence-electron chi connectivity index (χ4n) is 3.73. The fraction of sp³-hybridized carbons (Fsp3) is 0.350. The Morgan fingerprint density at radius 3 is 2.80 bits per heavy atom. The molecule has 0 saturated heterocycles. The number of rotatable bonds is 3. The number of nitrogens with two attached hydrogens (primary N) is 1. The second-order valence-corrected chi connectivity index (χ2v) is 7.93. The summed E-state index contributed by atoms with van der Waals surface area (Å²) < 4.78 is 15.4. The average molecular weight is 353 g/mol. The van der Waals surface area contributed by atoms with Crippen LogP contribution in [0.25, 0.3) is 10.1 Å². The van der Waals surface area contributed by atoms with Crippen LogP contribution in [0.3, 0.4) is 0 Å². The third kappa shape index (κ3) is 2.61. The van der Waals surface area contributed by atoms with Crippen molar-refractivity contribution in [2.24, 2.45) is 11.7 Å². The van der Waals surface area contributed by atoms with E-state index in [1.807, 2.05) is 12.3 Å². The van der Waals surface area contributed by atoms with Gasteiger partial charge in [-0.1, -0.05) is 0 Å². The summed E-state index contributed by atoms with van der Waals surface area (Å²) in [4.78, 5) is 0. The van der Waals surface area contributed by atoms with E-state index < -0.39 is 0 Å². The molecule has 1 saturated carbocycles. The minimum Gasteiger partial charge on any atom is -0.385 e. The number of dihydropyridines is 1. The lowest BCUT2D eigenvalue weighted by Gasteiger charge is -2.31. The van der Waals surface area contributed by atoms with Crippen LogP contribution < -0.4 is 11.1 Å². The molecule has 0 bridgehead atoms. The Hall–Kier alpha value is -2.32. The van der Waals surface area contributed by atoms with E-state index in [1.165, 1.54) is 35.8 Å². The smallest absolute Gasteiger partial charge is 0.132 e. The summed E-state index contributed by atoms with van der Waals surface area (Å²) in [7, 11) is 0. The Bertz CT molecular complexity index is 973. The van der Waals surface area contributed by atoms with Crippen LogP contribution in [0.15, 0.2) is 40.2 Å². The first-order valence-electron chi connectivity index (χ1n) is 8.53. The normalized spacial score (nSPS) is 20.8. The zero-order valence-electron chi connectivity index (χ0n) is 14.3. The summed E-state index contributed by atoms with van der Waals surface area (Å²) in [5.41, 5.74) is 11.2. The van der Waals surface area contributed by atoms with Gasteiger partial charge in [-0.15, -0.1) is 11.3 Å². The monoisotopic (exact) mass is 353 g/mol. The summed E-state index contributed by atoms with van der Waals surface area (Å²) in [5.74, 6) is 1.11. The first-order chi connectivity index (χ1) is 12.0.